The Morgan fingerprint density at radius 1 is 1.02 bits per heavy atom. The van der Waals surface area contributed by atoms with Gasteiger partial charge < -0.3 is 10.1 Å². The van der Waals surface area contributed by atoms with Crippen molar-refractivity contribution in [2.24, 2.45) is 5.10 Å². The number of amides is 1. The number of nitrogens with one attached hydrogen (secondary N) is 1. The molecule has 5 aromatic rings. The standard InChI is InChI=1S/C30H19F4N5O5/c31-22-9-2-4-11-24(22)36-27(40)17-44-26-13-12-18(14-25(26)39(42)43)16-35-38-28(19-6-5-7-20(15-19)30(32,33)34)37-23-10-3-1-8-21(23)29(38)41/h1-16H,17H2,(H,36,40). The van der Waals surface area contributed by atoms with Crippen molar-refractivity contribution in [2.75, 3.05) is 11.9 Å². The fourth-order valence-electron chi connectivity index (χ4n) is 4.15. The SMILES string of the molecule is O=C(COc1ccc(C=Nn2c(-c3cccc(C(F)(F)F)c3)nc3ccccc3c2=O)cc1[N+](=O)[O-])Nc1ccccc1F. The van der Waals surface area contributed by atoms with Gasteiger partial charge in [-0.15, -0.1) is 0 Å². The second kappa shape index (κ2) is 12.1. The van der Waals surface area contributed by atoms with Crippen molar-refractivity contribution in [2.45, 2.75) is 6.18 Å². The number of benzene rings is 4. The van der Waals surface area contributed by atoms with E-state index >= 15 is 0 Å². The van der Waals surface area contributed by atoms with E-state index < -0.39 is 46.2 Å². The Hall–Kier alpha value is -5.92. The number of nitrogens with zero attached hydrogens (tertiary/aromatic N) is 4. The minimum atomic E-state index is -4.65. The van der Waals surface area contributed by atoms with E-state index in [1.807, 2.05) is 0 Å². The highest BCUT2D eigenvalue weighted by Gasteiger charge is 2.31. The van der Waals surface area contributed by atoms with Gasteiger partial charge in [0, 0.05) is 17.2 Å². The number of fused-ring (bicyclic) bond motifs is 1. The predicted molar refractivity (Wildman–Crippen MR) is 153 cm³/mol. The van der Waals surface area contributed by atoms with Crippen LogP contribution in [0.3, 0.4) is 0 Å². The zero-order valence-electron chi connectivity index (χ0n) is 22.3. The summed E-state index contributed by atoms with van der Waals surface area (Å²) in [7, 11) is 0. The molecule has 0 fully saturated rings. The molecule has 0 saturated carbocycles. The Morgan fingerprint density at radius 2 is 1.77 bits per heavy atom. The lowest BCUT2D eigenvalue weighted by Crippen LogP contribution is -2.21. The number of nitro groups is 1. The molecule has 0 aliphatic carbocycles. The Morgan fingerprint density at radius 3 is 2.52 bits per heavy atom. The maximum Gasteiger partial charge on any atom is 0.416 e. The minimum absolute atomic E-state index is 0.0387. The molecule has 0 bridgehead atoms. The van der Waals surface area contributed by atoms with Gasteiger partial charge in [-0.2, -0.15) is 22.9 Å². The first-order chi connectivity index (χ1) is 21.0. The summed E-state index contributed by atoms with van der Waals surface area (Å²) < 4.78 is 60.1. The molecule has 0 aliphatic rings. The van der Waals surface area contributed by atoms with Crippen LogP contribution >= 0.6 is 0 Å². The number of carbonyl (C=O) groups is 1. The molecule has 14 heteroatoms. The van der Waals surface area contributed by atoms with Gasteiger partial charge >= 0.3 is 11.9 Å². The molecule has 0 aliphatic heterocycles. The van der Waals surface area contributed by atoms with Gasteiger partial charge in [0.05, 0.1) is 33.3 Å². The van der Waals surface area contributed by atoms with E-state index in [2.05, 4.69) is 15.4 Å². The van der Waals surface area contributed by atoms with E-state index in [0.29, 0.717) is 0 Å². The van der Waals surface area contributed by atoms with Crippen molar-refractivity contribution >= 4 is 34.4 Å². The minimum Gasteiger partial charge on any atom is -0.477 e. The fourth-order valence-corrected chi connectivity index (χ4v) is 4.15. The molecule has 1 N–H and O–H groups in total. The maximum atomic E-state index is 13.8. The molecule has 1 amide bonds. The number of nitro benzene ring substituents is 1. The van der Waals surface area contributed by atoms with Crippen LogP contribution in [0.1, 0.15) is 11.1 Å². The smallest absolute Gasteiger partial charge is 0.416 e. The van der Waals surface area contributed by atoms with E-state index in [0.717, 1.165) is 35.2 Å². The summed E-state index contributed by atoms with van der Waals surface area (Å²) in [5.41, 5.74) is -1.97. The quantitative estimate of drug-likeness (QED) is 0.0996. The van der Waals surface area contributed by atoms with Crippen LogP contribution in [0.5, 0.6) is 5.75 Å². The summed E-state index contributed by atoms with van der Waals surface area (Å²) in [6.07, 6.45) is -3.56. The van der Waals surface area contributed by atoms with Crippen molar-refractivity contribution < 1.29 is 32.0 Å². The second-order valence-electron chi connectivity index (χ2n) is 9.19. The number of para-hydroxylation sites is 2. The van der Waals surface area contributed by atoms with Gasteiger partial charge in [0.15, 0.2) is 18.2 Å². The van der Waals surface area contributed by atoms with Gasteiger partial charge in [-0.1, -0.05) is 36.4 Å². The number of ether oxygens (including phenoxy) is 1. The van der Waals surface area contributed by atoms with Crippen molar-refractivity contribution in [3.8, 4) is 17.1 Å². The van der Waals surface area contributed by atoms with Crippen molar-refractivity contribution in [1.82, 2.24) is 9.66 Å². The first-order valence-electron chi connectivity index (χ1n) is 12.7. The third-order valence-corrected chi connectivity index (χ3v) is 6.21. The van der Waals surface area contributed by atoms with Gasteiger partial charge in [-0.25, -0.2) is 9.37 Å². The molecule has 1 aromatic heterocycles. The van der Waals surface area contributed by atoms with E-state index in [1.165, 1.54) is 54.6 Å². The summed E-state index contributed by atoms with van der Waals surface area (Å²) in [6, 6.07) is 19.5. The Kier molecular flexibility index (Phi) is 8.15. The molecule has 1 heterocycles. The van der Waals surface area contributed by atoms with Crippen molar-refractivity contribution in [1.29, 1.82) is 0 Å². The molecule has 0 unspecified atom stereocenters. The first kappa shape index (κ1) is 29.6. The number of halogens is 4. The van der Waals surface area contributed by atoms with Gasteiger partial charge in [0.25, 0.3) is 11.5 Å². The number of carbonyl (C=O) groups excluding carboxylic acids is 1. The Bertz CT molecular complexity index is 1990. The Labute approximate surface area is 245 Å². The molecule has 5 rings (SSSR count). The fraction of sp³-hybridized carbons (Fsp3) is 0.0667. The number of rotatable bonds is 8. The summed E-state index contributed by atoms with van der Waals surface area (Å²) in [5, 5.41) is 18.3. The highest BCUT2D eigenvalue weighted by atomic mass is 19.4. The summed E-state index contributed by atoms with van der Waals surface area (Å²) >= 11 is 0. The summed E-state index contributed by atoms with van der Waals surface area (Å²) in [6.45, 7) is -0.666. The molecule has 0 saturated heterocycles. The lowest BCUT2D eigenvalue weighted by molar-refractivity contribution is -0.385. The highest BCUT2D eigenvalue weighted by molar-refractivity contribution is 5.92. The summed E-state index contributed by atoms with van der Waals surface area (Å²) in [4.78, 5) is 40.9. The van der Waals surface area contributed by atoms with Crippen LogP contribution < -0.4 is 15.6 Å². The topological polar surface area (TPSA) is 129 Å². The molecule has 222 valence electrons. The second-order valence-corrected chi connectivity index (χ2v) is 9.19. The van der Waals surface area contributed by atoms with Crippen LogP contribution in [0, 0.1) is 15.9 Å². The highest BCUT2D eigenvalue weighted by Crippen LogP contribution is 2.32. The number of aromatic nitrogens is 2. The zero-order valence-corrected chi connectivity index (χ0v) is 22.3. The number of hydrogen-bond acceptors (Lipinski definition) is 7. The summed E-state index contributed by atoms with van der Waals surface area (Å²) in [5.74, 6) is -1.90. The molecule has 10 nitrogen and oxygen atoms in total. The molecule has 0 atom stereocenters. The van der Waals surface area contributed by atoms with Gasteiger partial charge in [-0.05, 0) is 48.5 Å². The number of anilines is 1. The van der Waals surface area contributed by atoms with Crippen LogP contribution in [0.2, 0.25) is 0 Å². The third kappa shape index (κ3) is 6.43. The average molecular weight is 606 g/mol. The van der Waals surface area contributed by atoms with E-state index in [-0.39, 0.29) is 39.3 Å². The lowest BCUT2D eigenvalue weighted by atomic mass is 10.1. The first-order valence-corrected chi connectivity index (χ1v) is 12.7. The van der Waals surface area contributed by atoms with Crippen LogP contribution in [0.15, 0.2) is 101 Å². The largest absolute Gasteiger partial charge is 0.477 e. The van der Waals surface area contributed by atoms with Crippen molar-refractivity contribution in [3.05, 3.63) is 128 Å². The molecule has 0 spiro atoms. The number of hydrogen-bond donors (Lipinski definition) is 1. The predicted octanol–water partition coefficient (Wildman–Crippen LogP) is 6.03. The van der Waals surface area contributed by atoms with E-state index in [4.69, 9.17) is 4.74 Å². The zero-order chi connectivity index (χ0) is 31.4. The average Bonchev–Trinajstić information content (AvgIpc) is 3.00. The lowest BCUT2D eigenvalue weighted by Gasteiger charge is -2.12. The van der Waals surface area contributed by atoms with Crippen LogP contribution in [0.25, 0.3) is 22.3 Å². The van der Waals surface area contributed by atoms with Crippen molar-refractivity contribution in [3.63, 3.8) is 0 Å². The monoisotopic (exact) mass is 605 g/mol. The molecular formula is C30H19F4N5O5. The number of alkyl halides is 3. The maximum absolute atomic E-state index is 13.8. The molecule has 0 radical (unpaired) electrons. The van der Waals surface area contributed by atoms with Crippen LogP contribution in [-0.4, -0.2) is 33.3 Å². The van der Waals surface area contributed by atoms with Crippen LogP contribution in [0.4, 0.5) is 28.9 Å². The molecular weight excluding hydrogens is 586 g/mol. The van der Waals surface area contributed by atoms with Gasteiger partial charge in [-0.3, -0.25) is 19.7 Å². The molecule has 4 aromatic carbocycles. The van der Waals surface area contributed by atoms with Gasteiger partial charge in [0.2, 0.25) is 0 Å². The van der Waals surface area contributed by atoms with E-state index in [1.54, 1.807) is 12.1 Å². The van der Waals surface area contributed by atoms with Crippen LogP contribution in [-0.2, 0) is 11.0 Å². The normalized spacial score (nSPS) is 11.5. The Balaban J connectivity index is 1.47. The molecule has 44 heavy (non-hydrogen) atoms. The van der Waals surface area contributed by atoms with E-state index in [9.17, 15) is 37.3 Å². The third-order valence-electron chi connectivity index (χ3n) is 6.21. The van der Waals surface area contributed by atoms with Gasteiger partial charge in [0.1, 0.15) is 5.82 Å².